The molecule has 0 atom stereocenters. The van der Waals surface area contributed by atoms with Gasteiger partial charge in [-0.25, -0.2) is 4.99 Å². The van der Waals surface area contributed by atoms with Crippen LogP contribution in [0.15, 0.2) is 23.2 Å². The molecule has 0 spiro atoms. The van der Waals surface area contributed by atoms with Crippen LogP contribution >= 0.6 is 23.2 Å². The quantitative estimate of drug-likeness (QED) is 0.389. The van der Waals surface area contributed by atoms with Crippen molar-refractivity contribution in [3.05, 3.63) is 28.2 Å². The lowest BCUT2D eigenvalue weighted by atomic mass is 10.3. The fourth-order valence-electron chi connectivity index (χ4n) is 0.870. The van der Waals surface area contributed by atoms with E-state index >= 15 is 0 Å². The maximum absolute atomic E-state index is 5.79. The fourth-order valence-corrected chi connectivity index (χ4v) is 1.16. The summed E-state index contributed by atoms with van der Waals surface area (Å²) in [4.78, 5) is 6.41. The molecule has 0 fully saturated rings. The average molecular weight is 247 g/mol. The Labute approximate surface area is 96.6 Å². The number of hydrogen-bond donors (Lipinski definition) is 4. The summed E-state index contributed by atoms with van der Waals surface area (Å²) >= 11 is 11.5. The Bertz CT molecular complexity index is 423. The van der Waals surface area contributed by atoms with Crippen molar-refractivity contribution in [1.82, 2.24) is 0 Å². The zero-order valence-corrected chi connectivity index (χ0v) is 9.18. The molecule has 0 radical (unpaired) electrons. The monoisotopic (exact) mass is 246 g/mol. The van der Waals surface area contributed by atoms with E-state index in [1.54, 1.807) is 18.2 Å². The number of nitrogens with one attached hydrogen (secondary N) is 1. The van der Waals surface area contributed by atoms with Crippen LogP contribution in [0.4, 0.5) is 5.69 Å². The van der Waals surface area contributed by atoms with Crippen LogP contribution in [0.5, 0.6) is 0 Å². The van der Waals surface area contributed by atoms with Crippen molar-refractivity contribution in [3.8, 4) is 0 Å². The first-order chi connectivity index (χ1) is 6.99. The summed E-state index contributed by atoms with van der Waals surface area (Å²) < 4.78 is 0. The summed E-state index contributed by atoms with van der Waals surface area (Å²) in [5, 5.41) is 0.850. The predicted molar refractivity (Wildman–Crippen MR) is 62.1 cm³/mol. The van der Waals surface area contributed by atoms with Crippen LogP contribution in [0.2, 0.25) is 10.0 Å². The van der Waals surface area contributed by atoms with Gasteiger partial charge in [-0.2, -0.15) is 0 Å². The second-order valence-electron chi connectivity index (χ2n) is 2.68. The van der Waals surface area contributed by atoms with Crippen molar-refractivity contribution in [2.24, 2.45) is 22.2 Å². The lowest BCUT2D eigenvalue weighted by Gasteiger charge is -1.95. The van der Waals surface area contributed by atoms with Crippen molar-refractivity contribution < 1.29 is 4.99 Å². The summed E-state index contributed by atoms with van der Waals surface area (Å²) in [6.45, 7) is 0. The number of benzene rings is 1. The van der Waals surface area contributed by atoms with E-state index in [1.807, 2.05) is 0 Å². The highest BCUT2D eigenvalue weighted by Gasteiger charge is 2.01. The zero-order valence-electron chi connectivity index (χ0n) is 7.67. The van der Waals surface area contributed by atoms with Crippen LogP contribution in [-0.4, -0.2) is 11.9 Å². The molecular formula is C8H10Cl2N5+. The zero-order chi connectivity index (χ0) is 11.4. The van der Waals surface area contributed by atoms with Crippen molar-refractivity contribution in [1.29, 1.82) is 0 Å². The molecule has 1 aromatic carbocycles. The van der Waals surface area contributed by atoms with Crippen molar-refractivity contribution in [2.45, 2.75) is 0 Å². The lowest BCUT2D eigenvalue weighted by Crippen LogP contribution is -2.84. The maximum Gasteiger partial charge on any atom is 0.316 e. The molecule has 0 unspecified atom stereocenters. The number of guanidine groups is 2. The van der Waals surface area contributed by atoms with Gasteiger partial charge in [-0.3, -0.25) is 0 Å². The molecule has 80 valence electrons. The topological polar surface area (TPSA) is 104 Å². The number of rotatable bonds is 1. The minimum Gasteiger partial charge on any atom is -0.323 e. The summed E-state index contributed by atoms with van der Waals surface area (Å²) in [6, 6.07) is 4.85. The Kier molecular flexibility index (Phi) is 3.76. The van der Waals surface area contributed by atoms with Gasteiger partial charge in [0.05, 0.1) is 10.0 Å². The van der Waals surface area contributed by atoms with E-state index in [-0.39, 0.29) is 11.9 Å². The van der Waals surface area contributed by atoms with Crippen LogP contribution in [0, 0.1) is 0 Å². The van der Waals surface area contributed by atoms with E-state index in [1.165, 1.54) is 0 Å². The van der Waals surface area contributed by atoms with Crippen molar-refractivity contribution >= 4 is 40.8 Å². The highest BCUT2D eigenvalue weighted by molar-refractivity contribution is 6.42. The number of aliphatic imine (C=N–C) groups is 1. The lowest BCUT2D eigenvalue weighted by molar-refractivity contribution is -0.320. The maximum atomic E-state index is 5.79. The summed E-state index contributed by atoms with van der Waals surface area (Å²) in [5.74, 6) is 0.0460. The van der Waals surface area contributed by atoms with E-state index in [0.717, 1.165) is 0 Å². The minimum absolute atomic E-state index is 0.0312. The number of hydrogen-bond acceptors (Lipinski definition) is 1. The molecule has 0 heterocycles. The van der Waals surface area contributed by atoms with E-state index in [0.29, 0.717) is 15.7 Å². The second kappa shape index (κ2) is 4.86. The molecule has 5 nitrogen and oxygen atoms in total. The highest BCUT2D eigenvalue weighted by atomic mass is 35.5. The van der Waals surface area contributed by atoms with Gasteiger partial charge in [0, 0.05) is 0 Å². The molecule has 0 saturated heterocycles. The largest absolute Gasteiger partial charge is 0.323 e. The van der Waals surface area contributed by atoms with Gasteiger partial charge in [-0.05, 0) is 18.2 Å². The fraction of sp³-hybridized carbons (Fsp3) is 0. The highest BCUT2D eigenvalue weighted by Crippen LogP contribution is 2.26. The number of nitrogens with two attached hydrogens (primary N) is 3. The molecule has 0 aromatic heterocycles. The Morgan fingerprint density at radius 1 is 1.13 bits per heavy atom. The Hall–Kier alpha value is -1.46. The van der Waals surface area contributed by atoms with Crippen molar-refractivity contribution in [3.63, 3.8) is 0 Å². The molecule has 7 N–H and O–H groups in total. The van der Waals surface area contributed by atoms with Gasteiger partial charge in [-0.1, -0.05) is 23.2 Å². The first-order valence-corrected chi connectivity index (χ1v) is 4.69. The van der Waals surface area contributed by atoms with Gasteiger partial charge in [0.25, 0.3) is 5.96 Å². The molecular weight excluding hydrogens is 237 g/mol. The van der Waals surface area contributed by atoms with Crippen LogP contribution in [0.1, 0.15) is 0 Å². The second-order valence-corrected chi connectivity index (χ2v) is 3.49. The van der Waals surface area contributed by atoms with E-state index in [2.05, 4.69) is 9.98 Å². The van der Waals surface area contributed by atoms with Gasteiger partial charge >= 0.3 is 5.96 Å². The Morgan fingerprint density at radius 3 is 2.33 bits per heavy atom. The molecule has 1 aromatic rings. The van der Waals surface area contributed by atoms with Gasteiger partial charge in [0.15, 0.2) is 0 Å². The summed E-state index contributed by atoms with van der Waals surface area (Å²) in [6.07, 6.45) is 0. The SMILES string of the molecule is NC(=Nc1ccc(Cl)c(Cl)c1)[NH+]=C(N)N. The smallest absolute Gasteiger partial charge is 0.316 e. The van der Waals surface area contributed by atoms with Gasteiger partial charge in [0.1, 0.15) is 5.69 Å². The third-order valence-corrected chi connectivity index (χ3v) is 2.16. The molecule has 0 amide bonds. The van der Waals surface area contributed by atoms with Crippen LogP contribution in [-0.2, 0) is 0 Å². The van der Waals surface area contributed by atoms with Crippen LogP contribution < -0.4 is 22.2 Å². The van der Waals surface area contributed by atoms with Crippen LogP contribution in [0.3, 0.4) is 0 Å². The number of halogens is 2. The molecule has 0 aliphatic carbocycles. The predicted octanol–water partition coefficient (Wildman–Crippen LogP) is -0.706. The van der Waals surface area contributed by atoms with Gasteiger partial charge in [-0.15, -0.1) is 4.99 Å². The van der Waals surface area contributed by atoms with Crippen molar-refractivity contribution in [2.75, 3.05) is 0 Å². The third kappa shape index (κ3) is 3.65. The normalized spacial score (nSPS) is 11.2. The molecule has 0 aliphatic heterocycles. The van der Waals surface area contributed by atoms with E-state index < -0.39 is 0 Å². The van der Waals surface area contributed by atoms with E-state index in [4.69, 9.17) is 40.4 Å². The molecule has 1 rings (SSSR count). The minimum atomic E-state index is -0.0312. The summed E-state index contributed by atoms with van der Waals surface area (Å²) in [5.41, 5.74) is 16.4. The molecule has 0 bridgehead atoms. The standard InChI is InChI=1S/C8H9Cl2N5/c9-5-2-1-4(3-6(5)10)14-8(13)15-7(11)12/h1-3H,(H6,11,12,13,14,15)/p+1. The first kappa shape index (κ1) is 11.6. The molecule has 15 heavy (non-hydrogen) atoms. The summed E-state index contributed by atoms with van der Waals surface area (Å²) in [7, 11) is 0. The van der Waals surface area contributed by atoms with Gasteiger partial charge in [0.2, 0.25) is 0 Å². The Morgan fingerprint density at radius 2 is 1.80 bits per heavy atom. The third-order valence-electron chi connectivity index (χ3n) is 1.43. The van der Waals surface area contributed by atoms with E-state index in [9.17, 15) is 0 Å². The number of nitrogens with zero attached hydrogens (tertiary/aromatic N) is 1. The molecule has 0 aliphatic rings. The molecule has 7 heteroatoms. The van der Waals surface area contributed by atoms with Gasteiger partial charge < -0.3 is 17.2 Å². The average Bonchev–Trinajstić information content (AvgIpc) is 2.10. The van der Waals surface area contributed by atoms with Crippen LogP contribution in [0.25, 0.3) is 0 Å². The Balaban J connectivity index is 2.99. The molecule has 0 saturated carbocycles. The first-order valence-electron chi connectivity index (χ1n) is 3.93.